The molecular weight excluding hydrogens is 180 g/mol. The molecule has 14 heavy (non-hydrogen) atoms. The highest BCUT2D eigenvalue weighted by molar-refractivity contribution is 5.19. The molecule has 0 saturated carbocycles. The number of aromatic nitrogens is 3. The molecule has 1 aliphatic rings. The summed E-state index contributed by atoms with van der Waals surface area (Å²) in [6, 6.07) is 0. The van der Waals surface area contributed by atoms with Gasteiger partial charge in [0.1, 0.15) is 0 Å². The number of anilines is 1. The first kappa shape index (κ1) is 9.45. The van der Waals surface area contributed by atoms with Crippen molar-refractivity contribution in [2.75, 3.05) is 12.3 Å². The second kappa shape index (κ2) is 3.24. The summed E-state index contributed by atoms with van der Waals surface area (Å²) in [6.07, 6.45) is 2.82. The number of nitrogens with zero attached hydrogens (tertiary/aromatic N) is 3. The van der Waals surface area contributed by atoms with Crippen LogP contribution in [0, 0.1) is 5.41 Å². The molecule has 0 amide bonds. The maximum absolute atomic E-state index is 5.64. The maximum atomic E-state index is 5.64. The quantitative estimate of drug-likeness (QED) is 0.755. The number of nitrogen functional groups attached to an aromatic ring is 1. The van der Waals surface area contributed by atoms with Gasteiger partial charge in [0.05, 0.1) is 25.5 Å². The summed E-state index contributed by atoms with van der Waals surface area (Å²) in [5.74, 6) is 0.460. The van der Waals surface area contributed by atoms with Gasteiger partial charge >= 0.3 is 0 Å². The fourth-order valence-electron chi connectivity index (χ4n) is 1.78. The van der Waals surface area contributed by atoms with E-state index in [1.807, 2.05) is 0 Å². The Morgan fingerprint density at radius 2 is 2.50 bits per heavy atom. The van der Waals surface area contributed by atoms with Crippen molar-refractivity contribution in [1.82, 2.24) is 15.0 Å². The van der Waals surface area contributed by atoms with Gasteiger partial charge in [-0.15, -0.1) is 5.10 Å². The molecule has 1 aromatic heterocycles. The van der Waals surface area contributed by atoms with E-state index in [1.165, 1.54) is 0 Å². The Balaban J connectivity index is 1.94. The van der Waals surface area contributed by atoms with Gasteiger partial charge in [-0.1, -0.05) is 13.8 Å². The van der Waals surface area contributed by atoms with Crippen molar-refractivity contribution >= 4 is 5.82 Å². The van der Waals surface area contributed by atoms with Crippen molar-refractivity contribution in [2.24, 2.45) is 5.41 Å². The molecule has 2 N–H and O–H groups in total. The molecule has 0 spiro atoms. The Labute approximate surface area is 83.2 Å². The van der Waals surface area contributed by atoms with Crippen LogP contribution in [0.2, 0.25) is 0 Å². The van der Waals surface area contributed by atoms with Gasteiger partial charge < -0.3 is 10.5 Å². The van der Waals surface area contributed by atoms with Crippen LogP contribution < -0.4 is 5.73 Å². The van der Waals surface area contributed by atoms with Crippen LogP contribution in [0.3, 0.4) is 0 Å². The minimum absolute atomic E-state index is 0.219. The van der Waals surface area contributed by atoms with E-state index in [0.29, 0.717) is 12.4 Å². The van der Waals surface area contributed by atoms with Crippen LogP contribution in [0.5, 0.6) is 0 Å². The fraction of sp³-hybridized carbons (Fsp3) is 0.778. The highest BCUT2D eigenvalue weighted by Gasteiger charge is 2.32. The molecule has 1 aliphatic heterocycles. The lowest BCUT2D eigenvalue weighted by atomic mass is 9.91. The van der Waals surface area contributed by atoms with Gasteiger partial charge in [0.15, 0.2) is 5.82 Å². The lowest BCUT2D eigenvalue weighted by Gasteiger charge is -2.13. The number of hydrogen-bond donors (Lipinski definition) is 1. The van der Waals surface area contributed by atoms with Crippen LogP contribution in [0.1, 0.15) is 20.3 Å². The average molecular weight is 196 g/mol. The lowest BCUT2D eigenvalue weighted by Crippen LogP contribution is -2.18. The lowest BCUT2D eigenvalue weighted by molar-refractivity contribution is 0.0821. The minimum Gasteiger partial charge on any atom is -0.381 e. The minimum atomic E-state index is 0.219. The van der Waals surface area contributed by atoms with E-state index < -0.39 is 0 Å². The molecule has 5 heteroatoms. The number of ether oxygens (including phenoxy) is 1. The van der Waals surface area contributed by atoms with Crippen molar-refractivity contribution in [2.45, 2.75) is 32.9 Å². The second-order valence-corrected chi connectivity index (χ2v) is 4.63. The molecule has 2 rings (SSSR count). The molecule has 1 unspecified atom stereocenters. The zero-order valence-corrected chi connectivity index (χ0v) is 8.60. The molecule has 1 fully saturated rings. The SMILES string of the molecule is CC1(C)COC(Cn2ncc(N)n2)C1. The Kier molecular flexibility index (Phi) is 2.19. The first-order chi connectivity index (χ1) is 6.55. The molecule has 5 nitrogen and oxygen atoms in total. The molecule has 1 atom stereocenters. The number of nitrogens with two attached hydrogens (primary N) is 1. The van der Waals surface area contributed by atoms with Crippen LogP contribution in [0.4, 0.5) is 5.82 Å². The van der Waals surface area contributed by atoms with E-state index in [1.54, 1.807) is 11.0 Å². The summed E-state index contributed by atoms with van der Waals surface area (Å²) < 4.78 is 5.64. The van der Waals surface area contributed by atoms with E-state index in [-0.39, 0.29) is 11.5 Å². The van der Waals surface area contributed by atoms with Gasteiger partial charge in [-0.2, -0.15) is 9.90 Å². The van der Waals surface area contributed by atoms with E-state index in [2.05, 4.69) is 24.0 Å². The molecule has 2 heterocycles. The second-order valence-electron chi connectivity index (χ2n) is 4.63. The number of rotatable bonds is 2. The molecule has 1 saturated heterocycles. The van der Waals surface area contributed by atoms with Crippen molar-refractivity contribution in [1.29, 1.82) is 0 Å². The van der Waals surface area contributed by atoms with E-state index >= 15 is 0 Å². The zero-order valence-electron chi connectivity index (χ0n) is 8.60. The summed E-state index contributed by atoms with van der Waals surface area (Å²) in [5, 5.41) is 8.05. The van der Waals surface area contributed by atoms with Crippen molar-refractivity contribution < 1.29 is 4.74 Å². The highest BCUT2D eigenvalue weighted by Crippen LogP contribution is 2.31. The molecule has 78 valence electrons. The Morgan fingerprint density at radius 1 is 1.71 bits per heavy atom. The first-order valence-corrected chi connectivity index (χ1v) is 4.82. The van der Waals surface area contributed by atoms with Crippen molar-refractivity contribution in [3.05, 3.63) is 6.20 Å². The third-order valence-corrected chi connectivity index (χ3v) is 2.41. The standard InChI is InChI=1S/C9H16N4O/c1-9(2)3-7(14-6-9)5-13-11-4-8(10)12-13/h4,7H,3,5-6H2,1-2H3,(H2,10,12). The van der Waals surface area contributed by atoms with Gasteiger partial charge in [0.2, 0.25) is 0 Å². The average Bonchev–Trinajstić information content (AvgIpc) is 2.59. The van der Waals surface area contributed by atoms with Crippen LogP contribution in [0.15, 0.2) is 6.20 Å². The van der Waals surface area contributed by atoms with Crippen LogP contribution in [-0.2, 0) is 11.3 Å². The third kappa shape index (κ3) is 2.04. The van der Waals surface area contributed by atoms with Gasteiger partial charge in [0.25, 0.3) is 0 Å². The van der Waals surface area contributed by atoms with Gasteiger partial charge in [-0.3, -0.25) is 0 Å². The summed E-state index contributed by atoms with van der Waals surface area (Å²) in [6.45, 7) is 5.92. The predicted octanol–water partition coefficient (Wildman–Crippen LogP) is 0.675. The van der Waals surface area contributed by atoms with Crippen molar-refractivity contribution in [3.8, 4) is 0 Å². The van der Waals surface area contributed by atoms with E-state index in [0.717, 1.165) is 13.0 Å². The van der Waals surface area contributed by atoms with Crippen LogP contribution >= 0.6 is 0 Å². The van der Waals surface area contributed by atoms with Gasteiger partial charge in [-0.25, -0.2) is 0 Å². The normalized spacial score (nSPS) is 25.4. The van der Waals surface area contributed by atoms with E-state index in [4.69, 9.17) is 10.5 Å². The Morgan fingerprint density at radius 3 is 3.00 bits per heavy atom. The molecule has 0 aliphatic carbocycles. The summed E-state index contributed by atoms with van der Waals surface area (Å²) in [7, 11) is 0. The molecular formula is C9H16N4O. The topological polar surface area (TPSA) is 66.0 Å². The maximum Gasteiger partial charge on any atom is 0.165 e. The van der Waals surface area contributed by atoms with Crippen molar-refractivity contribution in [3.63, 3.8) is 0 Å². The van der Waals surface area contributed by atoms with Gasteiger partial charge in [-0.05, 0) is 11.8 Å². The zero-order chi connectivity index (χ0) is 10.2. The first-order valence-electron chi connectivity index (χ1n) is 4.82. The third-order valence-electron chi connectivity index (χ3n) is 2.41. The highest BCUT2D eigenvalue weighted by atomic mass is 16.5. The summed E-state index contributed by atoms with van der Waals surface area (Å²) >= 11 is 0. The molecule has 1 aromatic rings. The Hall–Kier alpha value is -1.10. The molecule has 0 aromatic carbocycles. The van der Waals surface area contributed by atoms with E-state index in [9.17, 15) is 0 Å². The van der Waals surface area contributed by atoms with Crippen LogP contribution in [0.25, 0.3) is 0 Å². The fourth-order valence-corrected chi connectivity index (χ4v) is 1.78. The molecule has 0 radical (unpaired) electrons. The summed E-state index contributed by atoms with van der Waals surface area (Å²) in [4.78, 5) is 1.60. The summed E-state index contributed by atoms with van der Waals surface area (Å²) in [5.41, 5.74) is 5.75. The van der Waals surface area contributed by atoms with Gasteiger partial charge in [0, 0.05) is 0 Å². The predicted molar refractivity (Wildman–Crippen MR) is 52.6 cm³/mol. The largest absolute Gasteiger partial charge is 0.381 e. The Bertz CT molecular complexity index is 320. The molecule has 0 bridgehead atoms. The smallest absolute Gasteiger partial charge is 0.165 e. The van der Waals surface area contributed by atoms with Crippen LogP contribution in [-0.4, -0.2) is 27.7 Å². The monoisotopic (exact) mass is 196 g/mol. The number of hydrogen-bond acceptors (Lipinski definition) is 4.